The van der Waals surface area contributed by atoms with Crippen molar-refractivity contribution in [1.82, 2.24) is 0 Å². The standard InChI is InChI=1S/C17H23NO2/c1-17(19,14-10-6-3-7-11-14)16-12-15(18-20-16)13-8-4-2-5-9-13/h2,4-5,8-9,14,16,19H,3,6-7,10-12H2,1H3/t16-,17+/m0/s1. The van der Waals surface area contributed by atoms with Crippen LogP contribution >= 0.6 is 0 Å². The quantitative estimate of drug-likeness (QED) is 0.915. The number of oxime groups is 1. The maximum absolute atomic E-state index is 10.9. The summed E-state index contributed by atoms with van der Waals surface area (Å²) in [6, 6.07) is 10.1. The summed E-state index contributed by atoms with van der Waals surface area (Å²) in [5.41, 5.74) is 1.27. The van der Waals surface area contributed by atoms with Crippen LogP contribution in [0.25, 0.3) is 0 Å². The molecule has 1 aliphatic heterocycles. The molecule has 0 radical (unpaired) electrons. The highest BCUT2D eigenvalue weighted by molar-refractivity contribution is 6.01. The summed E-state index contributed by atoms with van der Waals surface area (Å²) in [5, 5.41) is 15.1. The molecule has 1 aliphatic carbocycles. The van der Waals surface area contributed by atoms with Gasteiger partial charge in [0.25, 0.3) is 0 Å². The van der Waals surface area contributed by atoms with Crippen LogP contribution in [0.1, 0.15) is 51.0 Å². The van der Waals surface area contributed by atoms with Crippen LogP contribution in [0.5, 0.6) is 0 Å². The molecule has 20 heavy (non-hydrogen) atoms. The third-order valence-corrected chi connectivity index (χ3v) is 4.86. The van der Waals surface area contributed by atoms with E-state index in [1.807, 2.05) is 37.3 Å². The van der Waals surface area contributed by atoms with Crippen molar-refractivity contribution in [1.29, 1.82) is 0 Å². The summed E-state index contributed by atoms with van der Waals surface area (Å²) in [5.74, 6) is 0.339. The van der Waals surface area contributed by atoms with Crippen molar-refractivity contribution >= 4 is 5.71 Å². The van der Waals surface area contributed by atoms with Crippen LogP contribution in [0, 0.1) is 5.92 Å². The molecule has 1 fully saturated rings. The van der Waals surface area contributed by atoms with Crippen molar-refractivity contribution in [3.63, 3.8) is 0 Å². The lowest BCUT2D eigenvalue weighted by molar-refractivity contribution is -0.124. The molecule has 0 saturated heterocycles. The third kappa shape index (κ3) is 2.59. The fourth-order valence-electron chi connectivity index (χ4n) is 3.44. The SMILES string of the molecule is C[C@@](O)(C1CCCCC1)[C@@H]1CC(c2ccccc2)=NO1. The van der Waals surface area contributed by atoms with E-state index in [0.717, 1.165) is 24.1 Å². The Labute approximate surface area is 120 Å². The maximum Gasteiger partial charge on any atom is 0.161 e. The fourth-order valence-corrected chi connectivity index (χ4v) is 3.44. The molecule has 3 heteroatoms. The van der Waals surface area contributed by atoms with Gasteiger partial charge in [-0.1, -0.05) is 54.8 Å². The maximum atomic E-state index is 10.9. The van der Waals surface area contributed by atoms with E-state index >= 15 is 0 Å². The van der Waals surface area contributed by atoms with Gasteiger partial charge in [-0.2, -0.15) is 0 Å². The lowest BCUT2D eigenvalue weighted by Crippen LogP contribution is -2.47. The molecule has 3 rings (SSSR count). The zero-order valence-electron chi connectivity index (χ0n) is 12.1. The highest BCUT2D eigenvalue weighted by atomic mass is 16.7. The number of rotatable bonds is 3. The summed E-state index contributed by atoms with van der Waals surface area (Å²) in [6.45, 7) is 1.93. The van der Waals surface area contributed by atoms with Crippen LogP contribution < -0.4 is 0 Å². The minimum absolute atomic E-state index is 0.208. The Bertz CT molecular complexity index is 475. The van der Waals surface area contributed by atoms with Crippen molar-refractivity contribution in [3.05, 3.63) is 35.9 Å². The smallest absolute Gasteiger partial charge is 0.161 e. The van der Waals surface area contributed by atoms with E-state index < -0.39 is 5.60 Å². The Kier molecular flexibility index (Phi) is 3.79. The molecule has 0 unspecified atom stereocenters. The van der Waals surface area contributed by atoms with Crippen LogP contribution in [-0.2, 0) is 4.84 Å². The second-order valence-electron chi connectivity index (χ2n) is 6.26. The van der Waals surface area contributed by atoms with E-state index in [1.165, 1.54) is 19.3 Å². The molecule has 2 atom stereocenters. The predicted octanol–water partition coefficient (Wildman–Crippen LogP) is 3.51. The highest BCUT2D eigenvalue weighted by Gasteiger charge is 2.44. The second kappa shape index (κ2) is 5.57. The highest BCUT2D eigenvalue weighted by Crippen LogP contribution is 2.38. The normalized spacial score (nSPS) is 26.7. The molecule has 0 aromatic heterocycles. The molecule has 0 spiro atoms. The topological polar surface area (TPSA) is 41.8 Å². The van der Waals surface area contributed by atoms with Gasteiger partial charge in [0, 0.05) is 6.42 Å². The first-order valence-corrected chi connectivity index (χ1v) is 7.68. The Balaban J connectivity index is 1.68. The summed E-state index contributed by atoms with van der Waals surface area (Å²) in [7, 11) is 0. The van der Waals surface area contributed by atoms with Crippen molar-refractivity contribution in [2.24, 2.45) is 11.1 Å². The van der Waals surface area contributed by atoms with Gasteiger partial charge >= 0.3 is 0 Å². The molecule has 1 aromatic rings. The van der Waals surface area contributed by atoms with Gasteiger partial charge in [0.05, 0.1) is 5.71 Å². The van der Waals surface area contributed by atoms with Crippen LogP contribution in [0.3, 0.4) is 0 Å². The Morgan fingerprint density at radius 2 is 1.85 bits per heavy atom. The van der Waals surface area contributed by atoms with Crippen LogP contribution in [0.4, 0.5) is 0 Å². The molecule has 1 saturated carbocycles. The van der Waals surface area contributed by atoms with Gasteiger partial charge in [0.15, 0.2) is 6.10 Å². The molecular formula is C17H23NO2. The number of hydrogen-bond donors (Lipinski definition) is 1. The molecule has 108 valence electrons. The Morgan fingerprint density at radius 1 is 1.15 bits per heavy atom. The number of aliphatic hydroxyl groups is 1. The van der Waals surface area contributed by atoms with E-state index in [4.69, 9.17) is 4.84 Å². The minimum Gasteiger partial charge on any atom is -0.389 e. The first kappa shape index (κ1) is 13.6. The van der Waals surface area contributed by atoms with Crippen molar-refractivity contribution < 1.29 is 9.94 Å². The molecule has 0 bridgehead atoms. The number of nitrogens with zero attached hydrogens (tertiary/aromatic N) is 1. The summed E-state index contributed by atoms with van der Waals surface area (Å²) >= 11 is 0. The van der Waals surface area contributed by atoms with Crippen LogP contribution in [0.15, 0.2) is 35.5 Å². The fraction of sp³-hybridized carbons (Fsp3) is 0.588. The molecule has 3 nitrogen and oxygen atoms in total. The first-order valence-electron chi connectivity index (χ1n) is 7.68. The molecule has 2 aliphatic rings. The van der Waals surface area contributed by atoms with E-state index in [0.29, 0.717) is 12.3 Å². The third-order valence-electron chi connectivity index (χ3n) is 4.86. The predicted molar refractivity (Wildman–Crippen MR) is 79.7 cm³/mol. The monoisotopic (exact) mass is 273 g/mol. The van der Waals surface area contributed by atoms with E-state index in [-0.39, 0.29) is 6.10 Å². The Morgan fingerprint density at radius 3 is 2.55 bits per heavy atom. The van der Waals surface area contributed by atoms with Crippen molar-refractivity contribution in [2.75, 3.05) is 0 Å². The van der Waals surface area contributed by atoms with Crippen LogP contribution in [-0.4, -0.2) is 22.5 Å². The lowest BCUT2D eigenvalue weighted by Gasteiger charge is -2.38. The molecule has 1 aromatic carbocycles. The molecule has 0 amide bonds. The largest absolute Gasteiger partial charge is 0.389 e. The lowest BCUT2D eigenvalue weighted by atomic mass is 9.74. The van der Waals surface area contributed by atoms with Gasteiger partial charge in [-0.05, 0) is 31.2 Å². The summed E-state index contributed by atoms with van der Waals surface area (Å²) in [6.07, 6.45) is 6.44. The number of benzene rings is 1. The van der Waals surface area contributed by atoms with Gasteiger partial charge in [-0.25, -0.2) is 0 Å². The van der Waals surface area contributed by atoms with E-state index in [9.17, 15) is 5.11 Å². The minimum atomic E-state index is -0.777. The molecular weight excluding hydrogens is 250 g/mol. The van der Waals surface area contributed by atoms with Gasteiger partial charge in [-0.15, -0.1) is 0 Å². The zero-order chi connectivity index (χ0) is 14.0. The average Bonchev–Trinajstić information content (AvgIpc) is 3.00. The van der Waals surface area contributed by atoms with E-state index in [1.54, 1.807) is 0 Å². The van der Waals surface area contributed by atoms with Gasteiger partial charge in [0.1, 0.15) is 5.60 Å². The summed E-state index contributed by atoms with van der Waals surface area (Å²) in [4.78, 5) is 5.58. The first-order chi connectivity index (χ1) is 9.68. The zero-order valence-corrected chi connectivity index (χ0v) is 12.1. The molecule has 1 N–H and O–H groups in total. The van der Waals surface area contributed by atoms with Crippen molar-refractivity contribution in [3.8, 4) is 0 Å². The van der Waals surface area contributed by atoms with Gasteiger partial charge in [0.2, 0.25) is 0 Å². The second-order valence-corrected chi connectivity index (χ2v) is 6.26. The summed E-state index contributed by atoms with van der Waals surface area (Å²) < 4.78 is 0. The van der Waals surface area contributed by atoms with Crippen molar-refractivity contribution in [2.45, 2.75) is 57.2 Å². The van der Waals surface area contributed by atoms with Crippen LogP contribution in [0.2, 0.25) is 0 Å². The van der Waals surface area contributed by atoms with Gasteiger partial charge < -0.3 is 9.94 Å². The van der Waals surface area contributed by atoms with E-state index in [2.05, 4.69) is 5.16 Å². The molecule has 1 heterocycles. The average molecular weight is 273 g/mol. The number of hydrogen-bond acceptors (Lipinski definition) is 3. The van der Waals surface area contributed by atoms with Gasteiger partial charge in [-0.3, -0.25) is 0 Å². The Hall–Kier alpha value is -1.35.